The third-order valence-electron chi connectivity index (χ3n) is 7.34. The lowest BCUT2D eigenvalue weighted by atomic mass is 9.98. The molecule has 4 aromatic rings. The Labute approximate surface area is 239 Å². The molecule has 0 aliphatic heterocycles. The Balaban J connectivity index is 1.13. The lowest BCUT2D eigenvalue weighted by Crippen LogP contribution is -2.32. The van der Waals surface area contributed by atoms with Gasteiger partial charge in [0.15, 0.2) is 0 Å². The number of benzene rings is 4. The number of nitrogens with one attached hydrogen (secondary N) is 1. The number of nitrogens with zero attached hydrogens (tertiary/aromatic N) is 1. The molecule has 0 saturated carbocycles. The second-order valence-electron chi connectivity index (χ2n) is 10.1. The molecule has 5 rings (SSSR count). The van der Waals surface area contributed by atoms with Crippen molar-refractivity contribution in [3.8, 4) is 11.1 Å². The van der Waals surface area contributed by atoms with Crippen molar-refractivity contribution >= 4 is 23.7 Å². The van der Waals surface area contributed by atoms with Crippen molar-refractivity contribution in [2.45, 2.75) is 31.7 Å². The molecular weight excluding hydrogens is 516 g/mol. The highest BCUT2D eigenvalue weighted by Gasteiger charge is 2.29. The largest absolute Gasteiger partial charge is 0.481 e. The molecule has 2 N–H and O–H groups in total. The molecule has 1 aliphatic rings. The maximum atomic E-state index is 12.9. The van der Waals surface area contributed by atoms with Gasteiger partial charge in [-0.05, 0) is 51.9 Å². The van der Waals surface area contributed by atoms with E-state index in [0.717, 1.165) is 22.3 Å². The minimum Gasteiger partial charge on any atom is -0.481 e. The molecule has 208 valence electrons. The summed E-state index contributed by atoms with van der Waals surface area (Å²) in [6.45, 7) is 0.767. The summed E-state index contributed by atoms with van der Waals surface area (Å²) in [7, 11) is 0. The van der Waals surface area contributed by atoms with Gasteiger partial charge in [0.2, 0.25) is 5.91 Å². The topological polar surface area (TPSA) is 95.9 Å². The van der Waals surface area contributed by atoms with Crippen LogP contribution in [0.4, 0.5) is 10.5 Å². The van der Waals surface area contributed by atoms with Crippen LogP contribution in [0.15, 0.2) is 103 Å². The average molecular weight is 549 g/mol. The molecule has 0 radical (unpaired) electrons. The van der Waals surface area contributed by atoms with Crippen LogP contribution < -0.4 is 5.32 Å². The monoisotopic (exact) mass is 548 g/mol. The quantitative estimate of drug-likeness (QED) is 0.224. The number of aryl methyl sites for hydroxylation is 1. The Hall–Kier alpha value is -4.91. The fourth-order valence-electron chi connectivity index (χ4n) is 5.24. The Bertz CT molecular complexity index is 1470. The third-order valence-corrected chi connectivity index (χ3v) is 7.34. The second-order valence-corrected chi connectivity index (χ2v) is 10.1. The Morgan fingerprint density at radius 1 is 0.732 bits per heavy atom. The normalized spacial score (nSPS) is 11.8. The summed E-state index contributed by atoms with van der Waals surface area (Å²) in [4.78, 5) is 38.2. The van der Waals surface area contributed by atoms with Gasteiger partial charge in [0.25, 0.3) is 0 Å². The molecule has 0 atom stereocenters. The Kier molecular flexibility index (Phi) is 8.74. The van der Waals surface area contributed by atoms with Gasteiger partial charge in [0, 0.05) is 31.1 Å². The summed E-state index contributed by atoms with van der Waals surface area (Å²) < 4.78 is 5.63. The minimum atomic E-state index is -0.935. The van der Waals surface area contributed by atoms with Gasteiger partial charge in [-0.15, -0.1) is 0 Å². The van der Waals surface area contributed by atoms with Crippen molar-refractivity contribution in [1.82, 2.24) is 4.90 Å². The van der Waals surface area contributed by atoms with Crippen molar-refractivity contribution in [3.63, 3.8) is 0 Å². The maximum absolute atomic E-state index is 12.9. The number of ether oxygens (including phenoxy) is 1. The van der Waals surface area contributed by atoms with Gasteiger partial charge >= 0.3 is 12.1 Å². The van der Waals surface area contributed by atoms with Gasteiger partial charge < -0.3 is 14.7 Å². The molecule has 0 saturated heterocycles. The smallest absolute Gasteiger partial charge is 0.411 e. The number of carbonyl (C=O) groups is 3. The van der Waals surface area contributed by atoms with Crippen LogP contribution in [-0.4, -0.2) is 41.1 Å². The zero-order valence-electron chi connectivity index (χ0n) is 22.7. The van der Waals surface area contributed by atoms with E-state index in [1.165, 1.54) is 11.1 Å². The summed E-state index contributed by atoms with van der Waals surface area (Å²) in [6.07, 6.45) is 0.132. The van der Waals surface area contributed by atoms with Crippen LogP contribution in [0.5, 0.6) is 0 Å². The van der Waals surface area contributed by atoms with Crippen molar-refractivity contribution in [1.29, 1.82) is 0 Å². The maximum Gasteiger partial charge on any atom is 0.411 e. The summed E-state index contributed by atoms with van der Waals surface area (Å²) in [5.41, 5.74) is 7.16. The van der Waals surface area contributed by atoms with Gasteiger partial charge in [-0.2, -0.15) is 0 Å². The van der Waals surface area contributed by atoms with Crippen molar-refractivity contribution < 1.29 is 24.2 Å². The first-order valence-corrected chi connectivity index (χ1v) is 13.7. The zero-order chi connectivity index (χ0) is 28.6. The third kappa shape index (κ3) is 7.00. The number of fused-ring (bicyclic) bond motifs is 3. The molecule has 0 bridgehead atoms. The molecule has 0 aromatic heterocycles. The van der Waals surface area contributed by atoms with E-state index in [1.54, 1.807) is 17.0 Å². The Morgan fingerprint density at radius 2 is 1.34 bits per heavy atom. The molecule has 1 aliphatic carbocycles. The highest BCUT2D eigenvalue weighted by atomic mass is 16.5. The van der Waals surface area contributed by atoms with Crippen LogP contribution in [0.25, 0.3) is 11.1 Å². The van der Waals surface area contributed by atoms with Crippen LogP contribution in [0, 0.1) is 0 Å². The van der Waals surface area contributed by atoms with Crippen LogP contribution >= 0.6 is 0 Å². The lowest BCUT2D eigenvalue weighted by molar-refractivity contribution is -0.138. The van der Waals surface area contributed by atoms with Crippen molar-refractivity contribution in [2.24, 2.45) is 0 Å². The molecular formula is C34H32N2O5. The second kappa shape index (κ2) is 13.0. The summed E-state index contributed by atoms with van der Waals surface area (Å²) in [6, 6.07) is 33.2. The van der Waals surface area contributed by atoms with E-state index in [-0.39, 0.29) is 37.8 Å². The van der Waals surface area contributed by atoms with E-state index in [1.807, 2.05) is 66.7 Å². The highest BCUT2D eigenvalue weighted by Crippen LogP contribution is 2.44. The number of hydrogen-bond donors (Lipinski definition) is 2. The SMILES string of the molecule is O=C(O)CCN(Cc1ccccc1)C(=O)CCc1ccc(NC(=O)OCC2c3ccccc3-c3ccccc32)cc1. The molecule has 0 unspecified atom stereocenters. The summed E-state index contributed by atoms with van der Waals surface area (Å²) in [5, 5.41) is 11.9. The van der Waals surface area contributed by atoms with Crippen LogP contribution in [-0.2, 0) is 27.3 Å². The standard InChI is InChI=1S/C34H32N2O5/c37-32(36(21-20-33(38)39)22-25-8-2-1-3-9-25)19-16-24-14-17-26(18-15-24)35-34(40)41-23-31-29-12-6-4-10-27(29)28-11-5-7-13-30(28)31/h1-15,17-18,31H,16,19-23H2,(H,35,40)(H,38,39). The number of anilines is 1. The molecule has 4 aromatic carbocycles. The summed E-state index contributed by atoms with van der Waals surface area (Å²) in [5.74, 6) is -1.05. The molecule has 41 heavy (non-hydrogen) atoms. The lowest BCUT2D eigenvalue weighted by Gasteiger charge is -2.22. The fraction of sp³-hybridized carbons (Fsp3) is 0.206. The van der Waals surface area contributed by atoms with E-state index in [4.69, 9.17) is 9.84 Å². The molecule has 0 spiro atoms. The van der Waals surface area contributed by atoms with E-state index >= 15 is 0 Å². The fourth-order valence-corrected chi connectivity index (χ4v) is 5.24. The number of aliphatic carboxylic acids is 1. The first-order valence-electron chi connectivity index (χ1n) is 13.7. The number of amides is 2. The number of carboxylic acid groups (broad SMARTS) is 1. The molecule has 0 heterocycles. The van der Waals surface area contributed by atoms with Gasteiger partial charge in [-0.25, -0.2) is 4.79 Å². The highest BCUT2D eigenvalue weighted by molar-refractivity contribution is 5.85. The number of carbonyl (C=O) groups excluding carboxylic acids is 2. The van der Waals surface area contributed by atoms with Crippen LogP contribution in [0.1, 0.15) is 41.0 Å². The zero-order valence-corrected chi connectivity index (χ0v) is 22.7. The summed E-state index contributed by atoms with van der Waals surface area (Å²) >= 11 is 0. The average Bonchev–Trinajstić information content (AvgIpc) is 3.31. The van der Waals surface area contributed by atoms with E-state index in [0.29, 0.717) is 18.7 Å². The van der Waals surface area contributed by atoms with Crippen molar-refractivity contribution in [3.05, 3.63) is 125 Å². The molecule has 2 amide bonds. The van der Waals surface area contributed by atoms with Gasteiger partial charge in [-0.1, -0.05) is 91.0 Å². The number of rotatable bonds is 11. The van der Waals surface area contributed by atoms with Crippen molar-refractivity contribution in [2.75, 3.05) is 18.5 Å². The molecule has 7 heteroatoms. The molecule has 7 nitrogen and oxygen atoms in total. The Morgan fingerprint density at radius 3 is 1.98 bits per heavy atom. The number of hydrogen-bond acceptors (Lipinski definition) is 4. The van der Waals surface area contributed by atoms with Crippen LogP contribution in [0.2, 0.25) is 0 Å². The van der Waals surface area contributed by atoms with E-state index in [2.05, 4.69) is 29.6 Å². The predicted molar refractivity (Wildman–Crippen MR) is 158 cm³/mol. The number of carboxylic acids is 1. The van der Waals surface area contributed by atoms with Gasteiger partial charge in [0.1, 0.15) is 6.61 Å². The van der Waals surface area contributed by atoms with Gasteiger partial charge in [-0.3, -0.25) is 14.9 Å². The van der Waals surface area contributed by atoms with Crippen LogP contribution in [0.3, 0.4) is 0 Å². The molecule has 0 fully saturated rings. The first kappa shape index (κ1) is 27.6. The predicted octanol–water partition coefficient (Wildman–Crippen LogP) is 6.48. The van der Waals surface area contributed by atoms with E-state index in [9.17, 15) is 14.4 Å². The minimum absolute atomic E-state index is 0.00924. The van der Waals surface area contributed by atoms with E-state index < -0.39 is 12.1 Å². The first-order chi connectivity index (χ1) is 20.0. The van der Waals surface area contributed by atoms with Gasteiger partial charge in [0.05, 0.1) is 6.42 Å².